The number of urea groups is 1. The van der Waals surface area contributed by atoms with E-state index in [2.05, 4.69) is 45.9 Å². The van der Waals surface area contributed by atoms with Crippen LogP contribution in [0.15, 0.2) is 54.6 Å². The minimum Gasteiger partial charge on any atom is -0.364 e. The monoisotopic (exact) mass is 321 g/mol. The summed E-state index contributed by atoms with van der Waals surface area (Å²) in [7, 11) is 0. The van der Waals surface area contributed by atoms with Gasteiger partial charge in [0.05, 0.1) is 0 Å². The fourth-order valence-corrected chi connectivity index (χ4v) is 2.96. The average molecular weight is 321 g/mol. The summed E-state index contributed by atoms with van der Waals surface area (Å²) in [6.45, 7) is 6.45. The zero-order chi connectivity index (χ0) is 16.9. The van der Waals surface area contributed by atoms with E-state index in [0.717, 1.165) is 35.5 Å². The van der Waals surface area contributed by atoms with Crippen LogP contribution in [0.3, 0.4) is 0 Å². The van der Waals surface area contributed by atoms with Gasteiger partial charge in [-0.2, -0.15) is 0 Å². The van der Waals surface area contributed by atoms with Crippen molar-refractivity contribution in [1.82, 2.24) is 5.32 Å². The van der Waals surface area contributed by atoms with E-state index in [9.17, 15) is 4.79 Å². The lowest BCUT2D eigenvalue weighted by atomic mass is 10.1. The van der Waals surface area contributed by atoms with Gasteiger partial charge in [-0.3, -0.25) is 0 Å². The Balaban J connectivity index is 1.57. The maximum atomic E-state index is 12.1. The van der Waals surface area contributed by atoms with Gasteiger partial charge in [0.1, 0.15) is 0 Å². The molecule has 1 heterocycles. The van der Waals surface area contributed by atoms with E-state index in [1.165, 1.54) is 5.69 Å². The third kappa shape index (κ3) is 4.16. The standard InChI is InChI=1S/C20H23N3O/c1-15-10-16(2)12-18(11-15)22-20(24)21-14-17-6-5-7-19(13-17)23-8-3-4-9-23/h3-7,10-13H,8-9,14H2,1-2H3,(H2,21,22,24). The summed E-state index contributed by atoms with van der Waals surface area (Å²) < 4.78 is 0. The van der Waals surface area contributed by atoms with Crippen molar-refractivity contribution in [2.75, 3.05) is 23.3 Å². The molecular formula is C20H23N3O. The topological polar surface area (TPSA) is 44.4 Å². The molecule has 0 saturated carbocycles. The van der Waals surface area contributed by atoms with Crippen molar-refractivity contribution < 1.29 is 4.79 Å². The molecule has 0 spiro atoms. The van der Waals surface area contributed by atoms with Gasteiger partial charge in [-0.05, 0) is 54.8 Å². The van der Waals surface area contributed by atoms with Crippen LogP contribution in [0.1, 0.15) is 16.7 Å². The first-order valence-corrected chi connectivity index (χ1v) is 8.22. The van der Waals surface area contributed by atoms with Gasteiger partial charge in [-0.1, -0.05) is 30.4 Å². The Hall–Kier alpha value is -2.75. The second-order valence-corrected chi connectivity index (χ2v) is 6.23. The molecule has 0 unspecified atom stereocenters. The quantitative estimate of drug-likeness (QED) is 0.836. The van der Waals surface area contributed by atoms with Crippen LogP contribution in [0.4, 0.5) is 16.2 Å². The first kappa shape index (κ1) is 16.1. The van der Waals surface area contributed by atoms with Gasteiger partial charge in [-0.25, -0.2) is 4.79 Å². The second kappa shape index (κ2) is 7.21. The Morgan fingerprint density at radius 1 is 1.04 bits per heavy atom. The van der Waals surface area contributed by atoms with Crippen LogP contribution in [0.5, 0.6) is 0 Å². The van der Waals surface area contributed by atoms with Crippen molar-refractivity contribution in [1.29, 1.82) is 0 Å². The molecule has 2 amide bonds. The smallest absolute Gasteiger partial charge is 0.319 e. The molecule has 24 heavy (non-hydrogen) atoms. The molecular weight excluding hydrogens is 298 g/mol. The largest absolute Gasteiger partial charge is 0.364 e. The predicted molar refractivity (Wildman–Crippen MR) is 99.6 cm³/mol. The van der Waals surface area contributed by atoms with E-state index in [1.54, 1.807) is 0 Å². The van der Waals surface area contributed by atoms with E-state index in [0.29, 0.717) is 6.54 Å². The maximum absolute atomic E-state index is 12.1. The lowest BCUT2D eigenvalue weighted by molar-refractivity contribution is 0.251. The van der Waals surface area contributed by atoms with E-state index in [1.807, 2.05) is 38.1 Å². The van der Waals surface area contributed by atoms with Crippen molar-refractivity contribution in [3.05, 3.63) is 71.3 Å². The predicted octanol–water partition coefficient (Wildman–Crippen LogP) is 4.00. The number of carbonyl (C=O) groups is 1. The molecule has 0 aliphatic carbocycles. The fourth-order valence-electron chi connectivity index (χ4n) is 2.96. The van der Waals surface area contributed by atoms with Crippen molar-refractivity contribution >= 4 is 17.4 Å². The Kier molecular flexibility index (Phi) is 4.85. The molecule has 0 fully saturated rings. The zero-order valence-electron chi connectivity index (χ0n) is 14.2. The van der Waals surface area contributed by atoms with Crippen molar-refractivity contribution in [3.63, 3.8) is 0 Å². The normalized spacial score (nSPS) is 13.2. The molecule has 4 nitrogen and oxygen atoms in total. The highest BCUT2D eigenvalue weighted by atomic mass is 16.2. The Morgan fingerprint density at radius 2 is 1.75 bits per heavy atom. The summed E-state index contributed by atoms with van der Waals surface area (Å²) in [6, 6.07) is 14.1. The average Bonchev–Trinajstić information content (AvgIpc) is 3.07. The highest BCUT2D eigenvalue weighted by molar-refractivity contribution is 5.89. The van der Waals surface area contributed by atoms with Gasteiger partial charge in [0, 0.05) is 31.0 Å². The summed E-state index contributed by atoms with van der Waals surface area (Å²) in [4.78, 5) is 14.4. The van der Waals surface area contributed by atoms with Crippen LogP contribution in [0.2, 0.25) is 0 Å². The first-order chi connectivity index (χ1) is 11.6. The van der Waals surface area contributed by atoms with Gasteiger partial charge in [0.2, 0.25) is 0 Å². The first-order valence-electron chi connectivity index (χ1n) is 8.22. The molecule has 3 rings (SSSR count). The van der Waals surface area contributed by atoms with Gasteiger partial charge in [0.15, 0.2) is 0 Å². The molecule has 2 aromatic rings. The lowest BCUT2D eigenvalue weighted by Gasteiger charge is -2.18. The molecule has 0 radical (unpaired) electrons. The summed E-state index contributed by atoms with van der Waals surface area (Å²) >= 11 is 0. The minimum atomic E-state index is -0.187. The lowest BCUT2D eigenvalue weighted by Crippen LogP contribution is -2.28. The third-order valence-electron chi connectivity index (χ3n) is 4.03. The molecule has 2 aromatic carbocycles. The van der Waals surface area contributed by atoms with Crippen molar-refractivity contribution in [2.45, 2.75) is 20.4 Å². The van der Waals surface area contributed by atoms with E-state index in [-0.39, 0.29) is 6.03 Å². The number of rotatable bonds is 4. The number of amides is 2. The zero-order valence-corrected chi connectivity index (χ0v) is 14.2. The molecule has 1 aliphatic heterocycles. The number of aryl methyl sites for hydroxylation is 2. The van der Waals surface area contributed by atoms with Crippen LogP contribution < -0.4 is 15.5 Å². The maximum Gasteiger partial charge on any atom is 0.319 e. The number of hydrogen-bond donors (Lipinski definition) is 2. The van der Waals surface area contributed by atoms with Crippen molar-refractivity contribution in [2.24, 2.45) is 0 Å². The van der Waals surface area contributed by atoms with Gasteiger partial charge < -0.3 is 15.5 Å². The number of hydrogen-bond acceptors (Lipinski definition) is 2. The van der Waals surface area contributed by atoms with E-state index < -0.39 is 0 Å². The highest BCUT2D eigenvalue weighted by Gasteiger charge is 2.08. The van der Waals surface area contributed by atoms with Gasteiger partial charge >= 0.3 is 6.03 Å². The van der Waals surface area contributed by atoms with Crippen LogP contribution in [-0.2, 0) is 6.54 Å². The van der Waals surface area contributed by atoms with E-state index >= 15 is 0 Å². The number of nitrogens with zero attached hydrogens (tertiary/aromatic N) is 1. The van der Waals surface area contributed by atoms with Gasteiger partial charge in [-0.15, -0.1) is 0 Å². The number of anilines is 2. The molecule has 0 saturated heterocycles. The molecule has 124 valence electrons. The summed E-state index contributed by atoms with van der Waals surface area (Å²) in [6.07, 6.45) is 4.34. The SMILES string of the molecule is Cc1cc(C)cc(NC(=O)NCc2cccc(N3CC=CC3)c2)c1. The number of nitrogens with one attached hydrogen (secondary N) is 2. The molecule has 0 aromatic heterocycles. The summed E-state index contributed by atoms with van der Waals surface area (Å²) in [5.74, 6) is 0. The fraction of sp³-hybridized carbons (Fsp3) is 0.250. The van der Waals surface area contributed by atoms with Crippen LogP contribution in [-0.4, -0.2) is 19.1 Å². The molecule has 2 N–H and O–H groups in total. The van der Waals surface area contributed by atoms with Crippen LogP contribution in [0, 0.1) is 13.8 Å². The molecule has 0 bridgehead atoms. The van der Waals surface area contributed by atoms with Crippen molar-refractivity contribution in [3.8, 4) is 0 Å². The van der Waals surface area contributed by atoms with Crippen LogP contribution >= 0.6 is 0 Å². The number of benzene rings is 2. The Morgan fingerprint density at radius 3 is 2.46 bits per heavy atom. The third-order valence-corrected chi connectivity index (χ3v) is 4.03. The molecule has 1 aliphatic rings. The van der Waals surface area contributed by atoms with E-state index in [4.69, 9.17) is 0 Å². The minimum absolute atomic E-state index is 0.187. The highest BCUT2D eigenvalue weighted by Crippen LogP contribution is 2.18. The number of carbonyl (C=O) groups excluding carboxylic acids is 1. The van der Waals surface area contributed by atoms with Gasteiger partial charge in [0.25, 0.3) is 0 Å². The molecule has 4 heteroatoms. The summed E-state index contributed by atoms with van der Waals surface area (Å²) in [5, 5.41) is 5.81. The Labute approximate surface area is 143 Å². The Bertz CT molecular complexity index is 739. The van der Waals surface area contributed by atoms with Crippen LogP contribution in [0.25, 0.3) is 0 Å². The second-order valence-electron chi connectivity index (χ2n) is 6.23. The molecule has 0 atom stereocenters. The summed E-state index contributed by atoms with van der Waals surface area (Å²) in [5.41, 5.74) is 5.38.